The third kappa shape index (κ3) is 2.65. The van der Waals surface area contributed by atoms with E-state index < -0.39 is 0 Å². The lowest BCUT2D eigenvalue weighted by Gasteiger charge is -2.20. The van der Waals surface area contributed by atoms with Gasteiger partial charge in [-0.25, -0.2) is 5.01 Å². The fourth-order valence-corrected chi connectivity index (χ4v) is 2.60. The molecule has 1 N–H and O–H groups in total. The van der Waals surface area contributed by atoms with Gasteiger partial charge in [-0.2, -0.15) is 5.10 Å². The highest BCUT2D eigenvalue weighted by Crippen LogP contribution is 2.33. The van der Waals surface area contributed by atoms with E-state index in [1.54, 1.807) is 18.2 Å². The molecule has 1 aliphatic rings. The van der Waals surface area contributed by atoms with Crippen LogP contribution in [0.3, 0.4) is 0 Å². The molecule has 4 heteroatoms. The smallest absolute Gasteiger partial charge is 0.240 e. The highest BCUT2D eigenvalue weighted by Gasteiger charge is 2.31. The number of benzene rings is 2. The van der Waals surface area contributed by atoms with E-state index in [9.17, 15) is 9.90 Å². The number of amides is 1. The molecule has 1 amide bonds. The Morgan fingerprint density at radius 1 is 1.19 bits per heavy atom. The summed E-state index contributed by atoms with van der Waals surface area (Å²) in [6.45, 7) is 1.52. The van der Waals surface area contributed by atoms with E-state index >= 15 is 0 Å². The molecule has 0 unspecified atom stereocenters. The Morgan fingerprint density at radius 3 is 2.62 bits per heavy atom. The first-order chi connectivity index (χ1) is 10.1. The Hall–Kier alpha value is -2.62. The van der Waals surface area contributed by atoms with Crippen LogP contribution < -0.4 is 0 Å². The maximum atomic E-state index is 11.8. The number of phenolic OH excluding ortho intramolecular Hbond substituents is 1. The molecule has 1 atom stereocenters. The van der Waals surface area contributed by atoms with E-state index in [1.165, 1.54) is 11.9 Å². The third-order valence-corrected chi connectivity index (χ3v) is 3.60. The second kappa shape index (κ2) is 5.40. The van der Waals surface area contributed by atoms with Crippen LogP contribution in [0.25, 0.3) is 0 Å². The van der Waals surface area contributed by atoms with Crippen LogP contribution >= 0.6 is 0 Å². The Morgan fingerprint density at radius 2 is 1.95 bits per heavy atom. The molecule has 0 bridgehead atoms. The zero-order valence-corrected chi connectivity index (χ0v) is 11.7. The van der Waals surface area contributed by atoms with Crippen LogP contribution in [0.15, 0.2) is 59.7 Å². The van der Waals surface area contributed by atoms with Gasteiger partial charge in [-0.3, -0.25) is 4.79 Å². The van der Waals surface area contributed by atoms with Gasteiger partial charge in [0.2, 0.25) is 5.91 Å². The van der Waals surface area contributed by atoms with Gasteiger partial charge >= 0.3 is 0 Å². The minimum Gasteiger partial charge on any atom is -0.508 e. The topological polar surface area (TPSA) is 52.9 Å². The van der Waals surface area contributed by atoms with Crippen molar-refractivity contribution in [1.82, 2.24) is 5.01 Å². The summed E-state index contributed by atoms with van der Waals surface area (Å²) >= 11 is 0. The molecular weight excluding hydrogens is 264 g/mol. The van der Waals surface area contributed by atoms with Crippen LogP contribution in [-0.4, -0.2) is 21.7 Å². The zero-order chi connectivity index (χ0) is 14.8. The summed E-state index contributed by atoms with van der Waals surface area (Å²) < 4.78 is 0. The first-order valence-electron chi connectivity index (χ1n) is 6.87. The molecule has 0 saturated carbocycles. The van der Waals surface area contributed by atoms with Crippen molar-refractivity contribution in [3.63, 3.8) is 0 Å². The monoisotopic (exact) mass is 280 g/mol. The maximum Gasteiger partial charge on any atom is 0.240 e. The predicted molar refractivity (Wildman–Crippen MR) is 81.0 cm³/mol. The molecule has 0 fully saturated rings. The standard InChI is InChI=1S/C17H16N2O2/c1-12(20)19-17(13-6-3-2-4-7-13)11-16(18-19)14-8-5-9-15(21)10-14/h2-10,17,21H,11H2,1H3/t17-/m1/s1. The number of hydrogen-bond donors (Lipinski definition) is 1. The summed E-state index contributed by atoms with van der Waals surface area (Å²) in [6.07, 6.45) is 0.646. The fraction of sp³-hybridized carbons (Fsp3) is 0.176. The van der Waals surface area contributed by atoms with Gasteiger partial charge < -0.3 is 5.11 Å². The predicted octanol–water partition coefficient (Wildman–Crippen LogP) is 3.09. The minimum atomic E-state index is -0.0843. The quantitative estimate of drug-likeness (QED) is 0.919. The van der Waals surface area contributed by atoms with Crippen LogP contribution in [-0.2, 0) is 4.79 Å². The van der Waals surface area contributed by atoms with Gasteiger partial charge in [0.15, 0.2) is 0 Å². The Kier molecular flexibility index (Phi) is 3.44. The average Bonchev–Trinajstić information content (AvgIpc) is 2.93. The van der Waals surface area contributed by atoms with Gasteiger partial charge in [0.1, 0.15) is 5.75 Å². The number of carbonyl (C=O) groups is 1. The minimum absolute atomic E-state index is 0.0824. The Balaban J connectivity index is 1.95. The number of hydrazone groups is 1. The molecule has 106 valence electrons. The van der Waals surface area contributed by atoms with Crippen molar-refractivity contribution < 1.29 is 9.90 Å². The Labute approximate surface area is 123 Å². The first-order valence-corrected chi connectivity index (χ1v) is 6.87. The largest absolute Gasteiger partial charge is 0.508 e. The number of hydrogen-bond acceptors (Lipinski definition) is 3. The van der Waals surface area contributed by atoms with Crippen molar-refractivity contribution >= 4 is 11.6 Å². The molecule has 1 heterocycles. The summed E-state index contributed by atoms with van der Waals surface area (Å²) in [6, 6.07) is 16.8. The average molecular weight is 280 g/mol. The summed E-state index contributed by atoms with van der Waals surface area (Å²) in [4.78, 5) is 11.8. The normalized spacial score (nSPS) is 17.7. The lowest BCUT2D eigenvalue weighted by Crippen LogP contribution is -2.24. The number of carbonyl (C=O) groups excluding carboxylic acids is 1. The SMILES string of the molecule is CC(=O)N1N=C(c2cccc(O)c2)C[C@@H]1c1ccccc1. The van der Waals surface area contributed by atoms with Crippen molar-refractivity contribution in [3.8, 4) is 5.75 Å². The van der Waals surface area contributed by atoms with Crippen LogP contribution in [0.2, 0.25) is 0 Å². The number of nitrogens with zero attached hydrogens (tertiary/aromatic N) is 2. The van der Waals surface area contributed by atoms with Crippen LogP contribution in [0, 0.1) is 0 Å². The van der Waals surface area contributed by atoms with Gasteiger partial charge in [0.05, 0.1) is 11.8 Å². The molecule has 3 rings (SSSR count). The second-order valence-corrected chi connectivity index (χ2v) is 5.09. The zero-order valence-electron chi connectivity index (χ0n) is 11.7. The van der Waals surface area contributed by atoms with Crippen molar-refractivity contribution in [2.75, 3.05) is 0 Å². The first kappa shape index (κ1) is 13.4. The molecule has 2 aromatic rings. The van der Waals surface area contributed by atoms with E-state index in [0.717, 1.165) is 16.8 Å². The lowest BCUT2D eigenvalue weighted by atomic mass is 9.98. The summed E-state index contributed by atoms with van der Waals surface area (Å²) in [5.74, 6) is 0.117. The van der Waals surface area contributed by atoms with Crippen molar-refractivity contribution in [1.29, 1.82) is 0 Å². The molecule has 4 nitrogen and oxygen atoms in total. The number of aromatic hydroxyl groups is 1. The third-order valence-electron chi connectivity index (χ3n) is 3.60. The molecule has 0 saturated heterocycles. The summed E-state index contributed by atoms with van der Waals surface area (Å²) in [5, 5.41) is 15.6. The van der Waals surface area contributed by atoms with Crippen LogP contribution in [0.5, 0.6) is 5.75 Å². The summed E-state index contributed by atoms with van der Waals surface area (Å²) in [7, 11) is 0. The molecule has 2 aromatic carbocycles. The molecular formula is C17H16N2O2. The van der Waals surface area contributed by atoms with E-state index in [2.05, 4.69) is 5.10 Å². The van der Waals surface area contributed by atoms with Crippen molar-refractivity contribution in [2.45, 2.75) is 19.4 Å². The summed E-state index contributed by atoms with van der Waals surface area (Å²) in [5.41, 5.74) is 2.72. The molecule has 0 aliphatic carbocycles. The lowest BCUT2D eigenvalue weighted by molar-refractivity contribution is -0.130. The fourth-order valence-electron chi connectivity index (χ4n) is 2.60. The number of phenols is 1. The molecule has 0 aromatic heterocycles. The maximum absolute atomic E-state index is 11.8. The van der Waals surface area contributed by atoms with E-state index in [0.29, 0.717) is 6.42 Å². The molecule has 1 aliphatic heterocycles. The van der Waals surface area contributed by atoms with Crippen LogP contribution in [0.4, 0.5) is 0 Å². The molecule has 0 spiro atoms. The van der Waals surface area contributed by atoms with Gasteiger partial charge in [0.25, 0.3) is 0 Å². The van der Waals surface area contributed by atoms with Crippen LogP contribution in [0.1, 0.15) is 30.5 Å². The van der Waals surface area contributed by atoms with Crippen molar-refractivity contribution in [2.24, 2.45) is 5.10 Å². The van der Waals surface area contributed by atoms with Crippen molar-refractivity contribution in [3.05, 3.63) is 65.7 Å². The highest BCUT2D eigenvalue weighted by atomic mass is 16.3. The van der Waals surface area contributed by atoms with Gasteiger partial charge in [0, 0.05) is 18.9 Å². The van der Waals surface area contributed by atoms with E-state index in [4.69, 9.17) is 0 Å². The van der Waals surface area contributed by atoms with Gasteiger partial charge in [-0.1, -0.05) is 42.5 Å². The van der Waals surface area contributed by atoms with Gasteiger partial charge in [-0.15, -0.1) is 0 Å². The van der Waals surface area contributed by atoms with Gasteiger partial charge in [-0.05, 0) is 17.7 Å². The van der Waals surface area contributed by atoms with E-state index in [-0.39, 0.29) is 17.7 Å². The number of rotatable bonds is 2. The van der Waals surface area contributed by atoms with E-state index in [1.807, 2.05) is 36.4 Å². The second-order valence-electron chi connectivity index (χ2n) is 5.09. The molecule has 21 heavy (non-hydrogen) atoms. The highest BCUT2D eigenvalue weighted by molar-refractivity contribution is 6.03. The Bertz CT molecular complexity index is 695. The molecule has 0 radical (unpaired) electrons.